The molecule has 30 heavy (non-hydrogen) atoms. The Morgan fingerprint density at radius 3 is 2.57 bits per heavy atom. The number of piperidine rings is 1. The van der Waals surface area contributed by atoms with Crippen LogP contribution < -0.4 is 10.6 Å². The number of aromatic amines is 1. The first kappa shape index (κ1) is 22.2. The summed E-state index contributed by atoms with van der Waals surface area (Å²) in [7, 11) is 0. The first-order valence-corrected chi connectivity index (χ1v) is 10.8. The van der Waals surface area contributed by atoms with Crippen molar-refractivity contribution < 1.29 is 14.0 Å². The second-order valence-electron chi connectivity index (χ2n) is 8.67. The van der Waals surface area contributed by atoms with Gasteiger partial charge in [0.1, 0.15) is 5.83 Å². The van der Waals surface area contributed by atoms with E-state index >= 15 is 0 Å². The van der Waals surface area contributed by atoms with Gasteiger partial charge in [0.2, 0.25) is 0 Å². The molecule has 0 spiro atoms. The fourth-order valence-electron chi connectivity index (χ4n) is 4.13. The van der Waals surface area contributed by atoms with Crippen molar-refractivity contribution in [1.82, 2.24) is 20.4 Å². The average molecular weight is 418 g/mol. The van der Waals surface area contributed by atoms with Crippen LogP contribution in [-0.4, -0.2) is 52.1 Å². The van der Waals surface area contributed by atoms with Crippen molar-refractivity contribution in [3.05, 3.63) is 35.4 Å². The Labute approximate surface area is 177 Å². The van der Waals surface area contributed by atoms with Crippen molar-refractivity contribution in [2.75, 3.05) is 18.4 Å². The lowest BCUT2D eigenvalue weighted by atomic mass is 9.99. The molecule has 1 saturated heterocycles. The van der Waals surface area contributed by atoms with E-state index in [0.717, 1.165) is 25.9 Å². The van der Waals surface area contributed by atoms with Crippen LogP contribution >= 0.6 is 0 Å². The van der Waals surface area contributed by atoms with Crippen LogP contribution in [0.5, 0.6) is 0 Å². The first-order valence-electron chi connectivity index (χ1n) is 10.8. The number of rotatable bonds is 7. The Balaban J connectivity index is 1.53. The van der Waals surface area contributed by atoms with Crippen LogP contribution in [-0.2, 0) is 4.79 Å². The third-order valence-corrected chi connectivity index (χ3v) is 5.79. The molecule has 2 amide bonds. The molecular formula is C22H32FN5O2. The van der Waals surface area contributed by atoms with Gasteiger partial charge in [-0.1, -0.05) is 19.9 Å². The molecule has 0 bridgehead atoms. The van der Waals surface area contributed by atoms with E-state index in [0.29, 0.717) is 29.6 Å². The molecule has 2 aliphatic rings. The molecule has 1 aromatic rings. The minimum atomic E-state index is -0.346. The largest absolute Gasteiger partial charge is 0.348 e. The van der Waals surface area contributed by atoms with Crippen molar-refractivity contribution in [2.24, 2.45) is 5.92 Å². The molecule has 3 N–H and O–H groups in total. The van der Waals surface area contributed by atoms with Crippen molar-refractivity contribution in [1.29, 1.82) is 0 Å². The van der Waals surface area contributed by atoms with Gasteiger partial charge in [0.05, 0.1) is 5.69 Å². The van der Waals surface area contributed by atoms with Gasteiger partial charge in [-0.25, -0.2) is 4.39 Å². The Morgan fingerprint density at radius 2 is 1.93 bits per heavy atom. The third-order valence-electron chi connectivity index (χ3n) is 5.79. The van der Waals surface area contributed by atoms with E-state index in [1.54, 1.807) is 0 Å². The van der Waals surface area contributed by atoms with Crippen molar-refractivity contribution in [3.8, 4) is 0 Å². The molecule has 3 rings (SSSR count). The number of H-pyrrole nitrogens is 1. The van der Waals surface area contributed by atoms with Gasteiger partial charge >= 0.3 is 0 Å². The molecule has 1 unspecified atom stereocenters. The lowest BCUT2D eigenvalue weighted by Crippen LogP contribution is -2.47. The van der Waals surface area contributed by atoms with E-state index in [2.05, 4.69) is 46.5 Å². The number of amides is 2. The van der Waals surface area contributed by atoms with Crippen molar-refractivity contribution in [3.63, 3.8) is 0 Å². The predicted molar refractivity (Wildman–Crippen MR) is 115 cm³/mol. The van der Waals surface area contributed by atoms with E-state index in [1.807, 2.05) is 0 Å². The summed E-state index contributed by atoms with van der Waals surface area (Å²) < 4.78 is 13.1. The Hall–Kier alpha value is -2.48. The summed E-state index contributed by atoms with van der Waals surface area (Å²) >= 11 is 0. The molecule has 0 saturated carbocycles. The molecule has 0 radical (unpaired) electrons. The van der Waals surface area contributed by atoms with E-state index in [4.69, 9.17) is 0 Å². The second-order valence-corrected chi connectivity index (χ2v) is 8.67. The second kappa shape index (κ2) is 10.0. The molecule has 1 aliphatic carbocycles. The van der Waals surface area contributed by atoms with Gasteiger partial charge < -0.3 is 15.5 Å². The lowest BCUT2D eigenvalue weighted by molar-refractivity contribution is -0.113. The highest BCUT2D eigenvalue weighted by Gasteiger charge is 2.26. The number of aromatic nitrogens is 2. The first-order chi connectivity index (χ1) is 14.3. The molecule has 1 aliphatic heterocycles. The van der Waals surface area contributed by atoms with Gasteiger partial charge in [0, 0.05) is 43.4 Å². The fraction of sp³-hybridized carbons (Fsp3) is 0.591. The van der Waals surface area contributed by atoms with Crippen LogP contribution in [0.25, 0.3) is 0 Å². The smallest absolute Gasteiger partial charge is 0.274 e. The molecule has 8 heteroatoms. The summed E-state index contributed by atoms with van der Waals surface area (Å²) in [5.41, 5.74) is 0.973. The summed E-state index contributed by atoms with van der Waals surface area (Å²) in [6.07, 6.45) is 7.77. The van der Waals surface area contributed by atoms with Crippen LogP contribution in [0.15, 0.2) is 29.7 Å². The van der Waals surface area contributed by atoms with E-state index in [9.17, 15) is 14.0 Å². The number of hydrogen-bond acceptors (Lipinski definition) is 4. The van der Waals surface area contributed by atoms with Crippen molar-refractivity contribution >= 4 is 17.5 Å². The maximum Gasteiger partial charge on any atom is 0.274 e. The van der Waals surface area contributed by atoms with E-state index < -0.39 is 0 Å². The number of allylic oxidation sites excluding steroid dienone is 3. The minimum absolute atomic E-state index is 0.0921. The highest BCUT2D eigenvalue weighted by Crippen LogP contribution is 2.22. The van der Waals surface area contributed by atoms with Crippen molar-refractivity contribution in [2.45, 2.75) is 65.0 Å². The summed E-state index contributed by atoms with van der Waals surface area (Å²) in [5.74, 6) is -0.213. The number of carbonyl (C=O) groups excluding carboxylic acids is 2. The van der Waals surface area contributed by atoms with E-state index in [-0.39, 0.29) is 35.8 Å². The lowest BCUT2D eigenvalue weighted by Gasteiger charge is -2.36. The highest BCUT2D eigenvalue weighted by atomic mass is 19.1. The zero-order valence-electron chi connectivity index (χ0n) is 18.0. The molecule has 1 fully saturated rings. The van der Waals surface area contributed by atoms with Crippen LogP contribution in [0.2, 0.25) is 0 Å². The number of halogens is 1. The molecule has 1 atom stereocenters. The molecular weight excluding hydrogens is 385 g/mol. The Bertz CT molecular complexity index is 821. The number of nitrogens with one attached hydrogen (secondary N) is 3. The number of hydrogen-bond donors (Lipinski definition) is 3. The Kier molecular flexibility index (Phi) is 7.42. The van der Waals surface area contributed by atoms with E-state index in [1.165, 1.54) is 24.8 Å². The van der Waals surface area contributed by atoms with Crippen LogP contribution in [0.4, 0.5) is 10.1 Å². The molecule has 1 aromatic heterocycles. The topological polar surface area (TPSA) is 90.1 Å². The average Bonchev–Trinajstić information content (AvgIpc) is 3.16. The van der Waals surface area contributed by atoms with Crippen LogP contribution in [0.3, 0.4) is 0 Å². The minimum Gasteiger partial charge on any atom is -0.348 e. The van der Waals surface area contributed by atoms with Gasteiger partial charge in [-0.15, -0.1) is 0 Å². The summed E-state index contributed by atoms with van der Waals surface area (Å²) in [6, 6.07) is 0.640. The number of nitrogens with zero attached hydrogens (tertiary/aromatic N) is 2. The quantitative estimate of drug-likeness (QED) is 0.633. The maximum atomic E-state index is 13.1. The third kappa shape index (κ3) is 5.78. The summed E-state index contributed by atoms with van der Waals surface area (Å²) in [6.45, 7) is 8.67. The number of anilines is 1. The Morgan fingerprint density at radius 1 is 1.20 bits per heavy atom. The molecule has 164 valence electrons. The summed E-state index contributed by atoms with van der Waals surface area (Å²) in [5, 5.41) is 12.4. The number of carbonyl (C=O) groups is 2. The molecule has 2 heterocycles. The highest BCUT2D eigenvalue weighted by molar-refractivity contribution is 6.08. The monoisotopic (exact) mass is 417 g/mol. The normalized spacial score (nSPS) is 19.2. The van der Waals surface area contributed by atoms with Crippen LogP contribution in [0, 0.1) is 5.92 Å². The van der Waals surface area contributed by atoms with Gasteiger partial charge in [-0.3, -0.25) is 14.7 Å². The standard InChI is InChI=1S/C22H32FN5O2/c1-14(2)12-15(3)28-10-8-18(9-11-28)25-22(30)20-19(13-24-27-20)26-21(29)16-4-6-17(23)7-5-16/h4,6,13-15,18H,5,7-12H2,1-3H3,(H,24,27)(H,25,30)(H,26,29). The molecule has 0 aromatic carbocycles. The maximum absolute atomic E-state index is 13.1. The van der Waals surface area contributed by atoms with Gasteiger partial charge in [0.15, 0.2) is 5.69 Å². The SMILES string of the molecule is CC(C)CC(C)N1CCC(NC(=O)c2n[nH]cc2NC(=O)C2=CC=C(F)CC2)CC1. The zero-order valence-corrected chi connectivity index (χ0v) is 18.0. The molecule has 7 nitrogen and oxygen atoms in total. The van der Waals surface area contributed by atoms with Gasteiger partial charge in [0.25, 0.3) is 11.8 Å². The van der Waals surface area contributed by atoms with Gasteiger partial charge in [-0.05, 0) is 44.6 Å². The van der Waals surface area contributed by atoms with Crippen LogP contribution in [0.1, 0.15) is 63.4 Å². The predicted octanol–water partition coefficient (Wildman–Crippen LogP) is 3.55. The zero-order chi connectivity index (χ0) is 21.7. The number of likely N-dealkylation sites (tertiary alicyclic amines) is 1. The summed E-state index contributed by atoms with van der Waals surface area (Å²) in [4.78, 5) is 27.6. The van der Waals surface area contributed by atoms with Gasteiger partial charge in [-0.2, -0.15) is 5.10 Å². The fourth-order valence-corrected chi connectivity index (χ4v) is 4.13.